The summed E-state index contributed by atoms with van der Waals surface area (Å²) in [4.78, 5) is 4.63. The molecule has 0 aliphatic carbocycles. The number of rotatable bonds is 3. The molecule has 20 heavy (non-hydrogen) atoms. The Balaban J connectivity index is 2.00. The minimum absolute atomic E-state index is 0.188. The third-order valence-corrected chi connectivity index (χ3v) is 5.43. The van der Waals surface area contributed by atoms with Crippen LogP contribution in [0.2, 0.25) is 4.34 Å². The van der Waals surface area contributed by atoms with Gasteiger partial charge in [-0.15, -0.1) is 11.3 Å². The average Bonchev–Trinajstić information content (AvgIpc) is 2.95. The van der Waals surface area contributed by atoms with Gasteiger partial charge in [0.05, 0.1) is 10.1 Å². The van der Waals surface area contributed by atoms with Crippen molar-refractivity contribution < 1.29 is 12.8 Å². The first-order valence-electron chi connectivity index (χ1n) is 5.57. The highest BCUT2D eigenvalue weighted by Gasteiger charge is 2.23. The van der Waals surface area contributed by atoms with Gasteiger partial charge in [0.15, 0.2) is 5.58 Å². The molecule has 1 aromatic carbocycles. The van der Waals surface area contributed by atoms with Crippen molar-refractivity contribution in [2.24, 2.45) is 0 Å². The Kier molecular flexibility index (Phi) is 3.19. The molecule has 0 unspecified atom stereocenters. The Morgan fingerprint density at radius 3 is 2.80 bits per heavy atom. The van der Waals surface area contributed by atoms with E-state index in [0.29, 0.717) is 26.0 Å². The number of nitrogens with two attached hydrogens (primary N) is 1. The van der Waals surface area contributed by atoms with Crippen LogP contribution < -0.4 is 5.73 Å². The first kappa shape index (κ1) is 13.4. The van der Waals surface area contributed by atoms with E-state index in [1.165, 1.54) is 11.3 Å². The number of hydrogen-bond donors (Lipinski definition) is 1. The number of halogens is 1. The smallest absolute Gasteiger partial charge is 0.316 e. The summed E-state index contributed by atoms with van der Waals surface area (Å²) in [6, 6.07) is 8.13. The van der Waals surface area contributed by atoms with Crippen molar-refractivity contribution in [1.29, 1.82) is 0 Å². The molecule has 3 aromatic rings. The van der Waals surface area contributed by atoms with E-state index >= 15 is 0 Å². The van der Waals surface area contributed by atoms with E-state index in [-0.39, 0.29) is 11.0 Å². The fourth-order valence-electron chi connectivity index (χ4n) is 1.73. The Hall–Kier alpha value is -1.57. The Morgan fingerprint density at radius 1 is 1.30 bits per heavy atom. The molecule has 5 nitrogen and oxygen atoms in total. The van der Waals surface area contributed by atoms with Gasteiger partial charge in [-0.2, -0.15) is 4.98 Å². The molecule has 0 radical (unpaired) electrons. The highest BCUT2D eigenvalue weighted by molar-refractivity contribution is 7.90. The van der Waals surface area contributed by atoms with E-state index in [2.05, 4.69) is 4.98 Å². The fourth-order valence-corrected chi connectivity index (χ4v) is 4.36. The largest absolute Gasteiger partial charge is 0.428 e. The zero-order chi connectivity index (χ0) is 14.3. The lowest BCUT2D eigenvalue weighted by molar-refractivity contribution is 0.458. The summed E-state index contributed by atoms with van der Waals surface area (Å²) in [6.45, 7) is 0. The summed E-state index contributed by atoms with van der Waals surface area (Å²) in [5.41, 5.74) is 6.92. The lowest BCUT2D eigenvalue weighted by atomic mass is 10.3. The van der Waals surface area contributed by atoms with Crippen molar-refractivity contribution in [3.63, 3.8) is 0 Å². The van der Waals surface area contributed by atoms with Gasteiger partial charge < -0.3 is 10.2 Å². The lowest BCUT2D eigenvalue weighted by Gasteiger charge is -1.96. The number of benzene rings is 1. The van der Waals surface area contributed by atoms with Gasteiger partial charge >= 0.3 is 5.22 Å². The Bertz CT molecular complexity index is 883. The van der Waals surface area contributed by atoms with Crippen LogP contribution in [0.25, 0.3) is 11.1 Å². The van der Waals surface area contributed by atoms with Crippen LogP contribution in [-0.4, -0.2) is 13.4 Å². The van der Waals surface area contributed by atoms with Gasteiger partial charge in [0.2, 0.25) is 9.84 Å². The quantitative estimate of drug-likeness (QED) is 0.746. The maximum atomic E-state index is 12.2. The highest BCUT2D eigenvalue weighted by Crippen LogP contribution is 2.27. The van der Waals surface area contributed by atoms with E-state index in [1.54, 1.807) is 30.3 Å². The van der Waals surface area contributed by atoms with E-state index < -0.39 is 9.84 Å². The molecule has 0 aliphatic rings. The van der Waals surface area contributed by atoms with Gasteiger partial charge in [0.25, 0.3) is 0 Å². The van der Waals surface area contributed by atoms with Crippen molar-refractivity contribution in [1.82, 2.24) is 4.98 Å². The molecule has 0 amide bonds. The summed E-state index contributed by atoms with van der Waals surface area (Å²) >= 11 is 7.00. The number of hydrogen-bond acceptors (Lipinski definition) is 6. The normalized spacial score (nSPS) is 12.1. The Labute approximate surface area is 123 Å². The summed E-state index contributed by atoms with van der Waals surface area (Å²) in [6.07, 6.45) is 0. The van der Waals surface area contributed by atoms with Crippen LogP contribution in [0.5, 0.6) is 0 Å². The summed E-state index contributed by atoms with van der Waals surface area (Å²) in [7, 11) is -3.64. The van der Waals surface area contributed by atoms with E-state index in [0.717, 1.165) is 0 Å². The molecule has 0 fully saturated rings. The van der Waals surface area contributed by atoms with Crippen molar-refractivity contribution in [3.05, 3.63) is 39.5 Å². The van der Waals surface area contributed by atoms with Crippen LogP contribution in [0.1, 0.15) is 4.88 Å². The molecule has 0 bridgehead atoms. The number of aromatic nitrogens is 1. The van der Waals surface area contributed by atoms with Gasteiger partial charge in [-0.05, 0) is 24.3 Å². The van der Waals surface area contributed by atoms with E-state index in [4.69, 9.17) is 21.8 Å². The van der Waals surface area contributed by atoms with Gasteiger partial charge in [-0.25, -0.2) is 8.42 Å². The third kappa shape index (κ3) is 2.52. The molecule has 3 rings (SSSR count). The predicted molar refractivity (Wildman–Crippen MR) is 78.6 cm³/mol. The summed E-state index contributed by atoms with van der Waals surface area (Å²) in [5, 5.41) is -0.303. The van der Waals surface area contributed by atoms with Crippen molar-refractivity contribution in [2.45, 2.75) is 11.0 Å². The van der Waals surface area contributed by atoms with Crippen LogP contribution in [0.4, 0.5) is 5.69 Å². The zero-order valence-electron chi connectivity index (χ0n) is 10.0. The number of fused-ring (bicyclic) bond motifs is 1. The standard InChI is InChI=1S/C12H9ClN2O3S2/c13-11-4-2-8(19-11)6-20(16,17)12-15-9-3-1-7(14)5-10(9)18-12/h1-5H,6,14H2. The number of anilines is 1. The molecule has 104 valence electrons. The molecule has 0 spiro atoms. The number of nitrogens with zero attached hydrogens (tertiary/aromatic N) is 1. The van der Waals surface area contributed by atoms with Crippen LogP contribution in [0, 0.1) is 0 Å². The molecule has 0 atom stereocenters. The molecule has 0 saturated carbocycles. The van der Waals surface area contributed by atoms with Gasteiger partial charge in [0.1, 0.15) is 5.52 Å². The average molecular weight is 329 g/mol. The van der Waals surface area contributed by atoms with Gasteiger partial charge in [0, 0.05) is 16.6 Å². The fraction of sp³-hybridized carbons (Fsp3) is 0.0833. The molecule has 8 heteroatoms. The number of nitrogen functional groups attached to an aromatic ring is 1. The molecule has 2 N–H and O–H groups in total. The molecule has 2 heterocycles. The van der Waals surface area contributed by atoms with E-state index in [1.807, 2.05) is 0 Å². The van der Waals surface area contributed by atoms with Crippen LogP contribution in [0.15, 0.2) is 40.0 Å². The molecule has 0 saturated heterocycles. The number of oxazole rings is 1. The van der Waals surface area contributed by atoms with Crippen LogP contribution >= 0.6 is 22.9 Å². The SMILES string of the molecule is Nc1ccc2nc(S(=O)(=O)Cc3ccc(Cl)s3)oc2c1. The summed E-state index contributed by atoms with van der Waals surface area (Å²) in [5.74, 6) is -0.188. The molecular weight excluding hydrogens is 320 g/mol. The highest BCUT2D eigenvalue weighted by atomic mass is 35.5. The minimum Gasteiger partial charge on any atom is -0.428 e. The number of sulfone groups is 1. The van der Waals surface area contributed by atoms with E-state index in [9.17, 15) is 8.42 Å². The van der Waals surface area contributed by atoms with Crippen molar-refractivity contribution >= 4 is 49.6 Å². The molecular formula is C12H9ClN2O3S2. The second-order valence-corrected chi connectivity index (χ2v) is 7.84. The van der Waals surface area contributed by atoms with Gasteiger partial charge in [-0.3, -0.25) is 0 Å². The van der Waals surface area contributed by atoms with Gasteiger partial charge in [-0.1, -0.05) is 11.6 Å². The monoisotopic (exact) mass is 328 g/mol. The number of thiophene rings is 1. The second-order valence-electron chi connectivity index (χ2n) is 4.17. The predicted octanol–water partition coefficient (Wildman–Crippen LogP) is 3.10. The summed E-state index contributed by atoms with van der Waals surface area (Å²) < 4.78 is 30.3. The maximum absolute atomic E-state index is 12.2. The molecule has 0 aliphatic heterocycles. The zero-order valence-corrected chi connectivity index (χ0v) is 12.4. The topological polar surface area (TPSA) is 86.2 Å². The van der Waals surface area contributed by atoms with Crippen LogP contribution in [0.3, 0.4) is 0 Å². The Morgan fingerprint density at radius 2 is 2.10 bits per heavy atom. The third-order valence-electron chi connectivity index (χ3n) is 2.62. The van der Waals surface area contributed by atoms with Crippen molar-refractivity contribution in [2.75, 3.05) is 5.73 Å². The minimum atomic E-state index is -3.64. The molecule has 2 aromatic heterocycles. The van der Waals surface area contributed by atoms with Crippen LogP contribution in [-0.2, 0) is 15.6 Å². The second kappa shape index (κ2) is 4.76. The first-order chi connectivity index (χ1) is 9.44. The lowest BCUT2D eigenvalue weighted by Crippen LogP contribution is -2.03. The first-order valence-corrected chi connectivity index (χ1v) is 8.42. The van der Waals surface area contributed by atoms with Crippen molar-refractivity contribution in [3.8, 4) is 0 Å². The maximum Gasteiger partial charge on any atom is 0.316 e.